The van der Waals surface area contributed by atoms with Crippen molar-refractivity contribution in [3.8, 4) is 0 Å². The maximum absolute atomic E-state index is 11.7. The number of nitrogens with zero attached hydrogens (tertiary/aromatic N) is 1. The van der Waals surface area contributed by atoms with Crippen LogP contribution in [0.3, 0.4) is 0 Å². The van der Waals surface area contributed by atoms with E-state index in [1.54, 1.807) is 6.20 Å². The summed E-state index contributed by atoms with van der Waals surface area (Å²) >= 11 is 3.40. The average molecular weight is 348 g/mol. The lowest BCUT2D eigenvalue weighted by molar-refractivity contribution is -0.118. The summed E-state index contributed by atoms with van der Waals surface area (Å²) in [7, 11) is 0. The van der Waals surface area contributed by atoms with Gasteiger partial charge in [0.25, 0.3) is 0 Å². The van der Waals surface area contributed by atoms with Crippen LogP contribution in [0, 0.1) is 5.92 Å². The average Bonchev–Trinajstić information content (AvgIpc) is 2.45. The van der Waals surface area contributed by atoms with Gasteiger partial charge in [0, 0.05) is 40.7 Å². The van der Waals surface area contributed by atoms with Crippen molar-refractivity contribution in [2.75, 3.05) is 10.6 Å². The minimum atomic E-state index is -0.0330. The molecular weight excluding hydrogens is 330 g/mol. The molecule has 4 nitrogen and oxygen atoms in total. The van der Waals surface area contributed by atoms with Gasteiger partial charge in [-0.2, -0.15) is 0 Å². The molecule has 1 amide bonds. The van der Waals surface area contributed by atoms with Crippen molar-refractivity contribution in [3.05, 3.63) is 52.8 Å². The highest BCUT2D eigenvalue weighted by Gasteiger charge is 2.07. The van der Waals surface area contributed by atoms with Crippen molar-refractivity contribution in [1.82, 2.24) is 4.98 Å². The molecular formula is C16H18BrN3O. The van der Waals surface area contributed by atoms with E-state index in [9.17, 15) is 4.79 Å². The number of rotatable bonds is 5. The summed E-state index contributed by atoms with van der Waals surface area (Å²) in [6, 6.07) is 9.70. The van der Waals surface area contributed by atoms with E-state index in [4.69, 9.17) is 0 Å². The fraction of sp³-hybridized carbons (Fsp3) is 0.250. The summed E-state index contributed by atoms with van der Waals surface area (Å²) in [6.45, 7) is 4.42. The van der Waals surface area contributed by atoms with Crippen molar-refractivity contribution in [3.63, 3.8) is 0 Å². The number of carbonyl (C=O) groups excluding carboxylic acids is 1. The van der Waals surface area contributed by atoms with E-state index in [1.165, 1.54) is 0 Å². The second kappa shape index (κ2) is 7.22. The third-order valence-electron chi connectivity index (χ3n) is 2.91. The van der Waals surface area contributed by atoms with Crippen molar-refractivity contribution in [2.45, 2.75) is 20.4 Å². The molecule has 0 aliphatic heterocycles. The van der Waals surface area contributed by atoms with Crippen LogP contribution in [-0.2, 0) is 11.3 Å². The predicted octanol–water partition coefficient (Wildman–Crippen LogP) is 4.05. The maximum atomic E-state index is 11.7. The summed E-state index contributed by atoms with van der Waals surface area (Å²) < 4.78 is 0.958. The molecule has 110 valence electrons. The van der Waals surface area contributed by atoms with E-state index in [2.05, 4.69) is 31.5 Å². The van der Waals surface area contributed by atoms with Crippen molar-refractivity contribution in [2.24, 2.45) is 5.92 Å². The van der Waals surface area contributed by atoms with Gasteiger partial charge < -0.3 is 10.6 Å². The van der Waals surface area contributed by atoms with Crippen LogP contribution >= 0.6 is 15.9 Å². The van der Waals surface area contributed by atoms with Gasteiger partial charge in [-0.25, -0.2) is 0 Å². The van der Waals surface area contributed by atoms with Crippen molar-refractivity contribution >= 4 is 33.2 Å². The first-order chi connectivity index (χ1) is 10.0. The third kappa shape index (κ3) is 4.86. The minimum Gasteiger partial charge on any atom is -0.381 e. The fourth-order valence-electron chi connectivity index (χ4n) is 1.75. The van der Waals surface area contributed by atoms with Gasteiger partial charge in [0.15, 0.2) is 0 Å². The zero-order chi connectivity index (χ0) is 15.2. The number of anilines is 2. The molecule has 0 fully saturated rings. The summed E-state index contributed by atoms with van der Waals surface area (Å²) in [5.41, 5.74) is 2.84. The lowest BCUT2D eigenvalue weighted by Gasteiger charge is -2.11. The molecule has 0 unspecified atom stereocenters. The Bertz CT molecular complexity index is 628. The van der Waals surface area contributed by atoms with Gasteiger partial charge >= 0.3 is 0 Å². The summed E-state index contributed by atoms with van der Waals surface area (Å²) in [6.07, 6.45) is 3.58. The van der Waals surface area contributed by atoms with Crippen LogP contribution in [0.25, 0.3) is 0 Å². The number of nitrogens with one attached hydrogen (secondary N) is 2. The molecule has 1 aromatic heterocycles. The van der Waals surface area contributed by atoms with Gasteiger partial charge in [-0.1, -0.05) is 19.9 Å². The molecule has 0 radical (unpaired) electrons. The van der Waals surface area contributed by atoms with Crippen LogP contribution in [-0.4, -0.2) is 10.9 Å². The number of carbonyl (C=O) groups is 1. The van der Waals surface area contributed by atoms with Crippen LogP contribution in [0.2, 0.25) is 0 Å². The number of amides is 1. The van der Waals surface area contributed by atoms with Gasteiger partial charge in [-0.15, -0.1) is 0 Å². The van der Waals surface area contributed by atoms with E-state index in [0.29, 0.717) is 6.54 Å². The van der Waals surface area contributed by atoms with Gasteiger partial charge in [0.05, 0.1) is 0 Å². The Labute approximate surface area is 133 Å². The number of pyridine rings is 1. The first-order valence-electron chi connectivity index (χ1n) is 6.79. The van der Waals surface area contributed by atoms with Crippen molar-refractivity contribution < 1.29 is 4.79 Å². The summed E-state index contributed by atoms with van der Waals surface area (Å²) in [4.78, 5) is 15.8. The Morgan fingerprint density at radius 2 is 2.00 bits per heavy atom. The van der Waals surface area contributed by atoms with E-state index < -0.39 is 0 Å². The standard InChI is InChI=1S/C16H18BrN3O/c1-11(2)16(21)20-15-5-3-4-14(7-15)19-9-12-6-13(17)10-18-8-12/h3-8,10-11,19H,9H2,1-2H3,(H,20,21). The van der Waals surface area contributed by atoms with Gasteiger partial charge in [0.1, 0.15) is 0 Å². The highest BCUT2D eigenvalue weighted by atomic mass is 79.9. The Balaban J connectivity index is 1.99. The monoisotopic (exact) mass is 347 g/mol. The molecule has 1 heterocycles. The van der Waals surface area contributed by atoms with Crippen LogP contribution in [0.15, 0.2) is 47.2 Å². The molecule has 0 aliphatic carbocycles. The number of aromatic nitrogens is 1. The molecule has 2 rings (SSSR count). The minimum absolute atomic E-state index is 0.0170. The molecule has 0 saturated heterocycles. The molecule has 2 N–H and O–H groups in total. The second-order valence-electron chi connectivity index (χ2n) is 5.09. The topological polar surface area (TPSA) is 54.0 Å². The summed E-state index contributed by atoms with van der Waals surface area (Å²) in [5.74, 6) is -0.0160. The Hall–Kier alpha value is -1.88. The SMILES string of the molecule is CC(C)C(=O)Nc1cccc(NCc2cncc(Br)c2)c1. The maximum Gasteiger partial charge on any atom is 0.226 e. The van der Waals surface area contributed by atoms with E-state index in [-0.39, 0.29) is 11.8 Å². The largest absolute Gasteiger partial charge is 0.381 e. The normalized spacial score (nSPS) is 10.5. The van der Waals surface area contributed by atoms with Crippen LogP contribution in [0.5, 0.6) is 0 Å². The van der Waals surface area contributed by atoms with E-state index in [0.717, 1.165) is 21.4 Å². The molecule has 0 aliphatic rings. The van der Waals surface area contributed by atoms with Crippen molar-refractivity contribution in [1.29, 1.82) is 0 Å². The number of halogens is 1. The first-order valence-corrected chi connectivity index (χ1v) is 7.58. The number of hydrogen-bond donors (Lipinski definition) is 2. The lowest BCUT2D eigenvalue weighted by Crippen LogP contribution is -2.17. The Morgan fingerprint density at radius 3 is 2.71 bits per heavy atom. The fourth-order valence-corrected chi connectivity index (χ4v) is 2.16. The van der Waals surface area contributed by atoms with Crippen LogP contribution in [0.4, 0.5) is 11.4 Å². The lowest BCUT2D eigenvalue weighted by atomic mass is 10.2. The molecule has 5 heteroatoms. The zero-order valence-electron chi connectivity index (χ0n) is 12.1. The molecule has 2 aromatic rings. The Morgan fingerprint density at radius 1 is 1.24 bits per heavy atom. The Kier molecular flexibility index (Phi) is 5.33. The molecule has 21 heavy (non-hydrogen) atoms. The predicted molar refractivity (Wildman–Crippen MR) is 89.2 cm³/mol. The molecule has 0 spiro atoms. The smallest absolute Gasteiger partial charge is 0.226 e. The number of hydrogen-bond acceptors (Lipinski definition) is 3. The van der Waals surface area contributed by atoms with Gasteiger partial charge in [-0.3, -0.25) is 9.78 Å². The van der Waals surface area contributed by atoms with Crippen LogP contribution in [0.1, 0.15) is 19.4 Å². The summed E-state index contributed by atoms with van der Waals surface area (Å²) in [5, 5.41) is 6.21. The quantitative estimate of drug-likeness (QED) is 0.857. The highest BCUT2D eigenvalue weighted by Crippen LogP contribution is 2.17. The third-order valence-corrected chi connectivity index (χ3v) is 3.35. The molecule has 0 saturated carbocycles. The van der Waals surface area contributed by atoms with Gasteiger partial charge in [-0.05, 0) is 45.8 Å². The molecule has 1 aromatic carbocycles. The second-order valence-corrected chi connectivity index (χ2v) is 6.01. The van der Waals surface area contributed by atoms with E-state index in [1.807, 2.05) is 50.4 Å². The van der Waals surface area contributed by atoms with E-state index >= 15 is 0 Å². The first kappa shape index (κ1) is 15.5. The molecule has 0 atom stereocenters. The molecule has 0 bridgehead atoms. The zero-order valence-corrected chi connectivity index (χ0v) is 13.6. The van der Waals surface area contributed by atoms with Gasteiger partial charge in [0.2, 0.25) is 5.91 Å². The highest BCUT2D eigenvalue weighted by molar-refractivity contribution is 9.10. The van der Waals surface area contributed by atoms with Crippen LogP contribution < -0.4 is 10.6 Å². The number of benzene rings is 1.